The predicted molar refractivity (Wildman–Crippen MR) is 72.9 cm³/mol. The van der Waals surface area contributed by atoms with Crippen molar-refractivity contribution in [3.8, 4) is 0 Å². The molecule has 0 aromatic carbocycles. The van der Waals surface area contributed by atoms with E-state index in [0.29, 0.717) is 11.9 Å². The smallest absolute Gasteiger partial charge is 0.335 e. The van der Waals surface area contributed by atoms with Gasteiger partial charge in [0.1, 0.15) is 6.29 Å². The Balaban J connectivity index is 3.03. The van der Waals surface area contributed by atoms with Gasteiger partial charge in [0.05, 0.1) is 23.4 Å². The number of rotatable bonds is 5. The van der Waals surface area contributed by atoms with E-state index in [9.17, 15) is 14.4 Å². The zero-order valence-electron chi connectivity index (χ0n) is 12.3. The average Bonchev–Trinajstić information content (AvgIpc) is 2.36. The van der Waals surface area contributed by atoms with Crippen molar-refractivity contribution < 1.29 is 23.9 Å². The Labute approximate surface area is 118 Å². The second-order valence-corrected chi connectivity index (χ2v) is 5.14. The Hall–Kier alpha value is -1.91. The molecule has 20 heavy (non-hydrogen) atoms. The van der Waals surface area contributed by atoms with E-state index in [1.165, 1.54) is 0 Å². The topological polar surface area (TPSA) is 69.7 Å². The van der Waals surface area contributed by atoms with Crippen molar-refractivity contribution in [1.29, 1.82) is 0 Å². The van der Waals surface area contributed by atoms with Crippen LogP contribution >= 0.6 is 0 Å². The average molecular weight is 280 g/mol. The lowest BCUT2D eigenvalue weighted by Gasteiger charge is -2.19. The monoisotopic (exact) mass is 280 g/mol. The molecule has 0 saturated carbocycles. The molecule has 1 rings (SSSR count). The molecule has 0 saturated heterocycles. The van der Waals surface area contributed by atoms with Crippen LogP contribution in [0.5, 0.6) is 0 Å². The number of hydrogen-bond donors (Lipinski definition) is 0. The molecule has 1 aliphatic rings. The number of hydrogen-bond acceptors (Lipinski definition) is 5. The fraction of sp³-hybridized carbons (Fsp3) is 0.533. The van der Waals surface area contributed by atoms with Crippen molar-refractivity contribution in [1.82, 2.24) is 0 Å². The van der Waals surface area contributed by atoms with Crippen LogP contribution in [0.1, 0.15) is 40.5 Å². The summed E-state index contributed by atoms with van der Waals surface area (Å²) in [7, 11) is 0. The molecule has 1 aliphatic carbocycles. The minimum Gasteiger partial charge on any atom is -0.460 e. The van der Waals surface area contributed by atoms with Gasteiger partial charge in [0.15, 0.2) is 0 Å². The number of aldehydes is 1. The van der Waals surface area contributed by atoms with Crippen LogP contribution in [0.25, 0.3) is 0 Å². The summed E-state index contributed by atoms with van der Waals surface area (Å²) in [6, 6.07) is 0. The number of ether oxygens (including phenoxy) is 2. The van der Waals surface area contributed by atoms with Crippen molar-refractivity contribution in [3.63, 3.8) is 0 Å². The highest BCUT2D eigenvalue weighted by Gasteiger charge is 2.27. The first-order valence-corrected chi connectivity index (χ1v) is 6.63. The Morgan fingerprint density at radius 3 is 2.00 bits per heavy atom. The maximum atomic E-state index is 12.0. The Morgan fingerprint density at radius 2 is 1.55 bits per heavy atom. The van der Waals surface area contributed by atoms with E-state index in [1.807, 2.05) is 0 Å². The van der Waals surface area contributed by atoms with Crippen molar-refractivity contribution in [2.75, 3.05) is 0 Å². The molecular weight excluding hydrogens is 260 g/mol. The molecule has 0 radical (unpaired) electrons. The van der Waals surface area contributed by atoms with Crippen LogP contribution in [0.3, 0.4) is 0 Å². The number of carbonyl (C=O) groups excluding carboxylic acids is 3. The first kappa shape index (κ1) is 16.1. The standard InChI is InChI=1S/C15H20O5/c1-9(2)19-14(17)12-6-5-11(8-16)7-13(12)15(18)20-10(3)4/h5,8-10H,6-7H2,1-4H3. The predicted octanol–water partition coefficient (Wildman–Crippen LogP) is 2.11. The van der Waals surface area contributed by atoms with E-state index < -0.39 is 11.9 Å². The third-order valence-corrected chi connectivity index (χ3v) is 2.64. The quantitative estimate of drug-likeness (QED) is 0.570. The summed E-state index contributed by atoms with van der Waals surface area (Å²) in [5.74, 6) is -1.10. The molecule has 0 unspecified atom stereocenters. The molecule has 0 heterocycles. The van der Waals surface area contributed by atoms with Gasteiger partial charge < -0.3 is 9.47 Å². The van der Waals surface area contributed by atoms with Crippen LogP contribution in [0, 0.1) is 0 Å². The lowest BCUT2D eigenvalue weighted by molar-refractivity contribution is -0.146. The molecular formula is C15H20O5. The van der Waals surface area contributed by atoms with Crippen LogP contribution in [0.15, 0.2) is 22.8 Å². The zero-order chi connectivity index (χ0) is 15.3. The van der Waals surface area contributed by atoms with Gasteiger partial charge in [0.2, 0.25) is 0 Å². The SMILES string of the molecule is CC(C)OC(=O)C1=C(C(=O)OC(C)C)CC(C=O)=CC1. The van der Waals surface area contributed by atoms with Gasteiger partial charge in [-0.25, -0.2) is 9.59 Å². The van der Waals surface area contributed by atoms with Gasteiger partial charge in [-0.05, 0) is 39.7 Å². The van der Waals surface area contributed by atoms with Gasteiger partial charge in [-0.3, -0.25) is 4.79 Å². The van der Waals surface area contributed by atoms with E-state index in [0.717, 1.165) is 0 Å². The van der Waals surface area contributed by atoms with E-state index in [-0.39, 0.29) is 36.2 Å². The van der Waals surface area contributed by atoms with E-state index in [4.69, 9.17) is 9.47 Å². The summed E-state index contributed by atoms with van der Waals surface area (Å²) in [4.78, 5) is 34.9. The van der Waals surface area contributed by atoms with Gasteiger partial charge in [0, 0.05) is 6.42 Å². The highest BCUT2D eigenvalue weighted by atomic mass is 16.5. The van der Waals surface area contributed by atoms with Crippen molar-refractivity contribution in [3.05, 3.63) is 22.8 Å². The molecule has 110 valence electrons. The normalized spacial score (nSPS) is 15.2. The summed E-state index contributed by atoms with van der Waals surface area (Å²) >= 11 is 0. The van der Waals surface area contributed by atoms with Gasteiger partial charge in [-0.2, -0.15) is 0 Å². The minimum absolute atomic E-state index is 0.109. The first-order valence-electron chi connectivity index (χ1n) is 6.63. The fourth-order valence-corrected chi connectivity index (χ4v) is 1.80. The first-order chi connectivity index (χ1) is 9.35. The lowest BCUT2D eigenvalue weighted by atomic mass is 9.92. The van der Waals surface area contributed by atoms with Crippen LogP contribution in [0.4, 0.5) is 0 Å². The molecule has 0 aromatic rings. The van der Waals surface area contributed by atoms with Crippen LogP contribution in [0.2, 0.25) is 0 Å². The van der Waals surface area contributed by atoms with E-state index in [2.05, 4.69) is 0 Å². The molecule has 0 fully saturated rings. The maximum Gasteiger partial charge on any atom is 0.335 e. The van der Waals surface area contributed by atoms with Gasteiger partial charge in [-0.1, -0.05) is 6.08 Å². The second kappa shape index (κ2) is 7.03. The summed E-state index contributed by atoms with van der Waals surface area (Å²) in [5, 5.41) is 0. The molecule has 5 nitrogen and oxygen atoms in total. The van der Waals surface area contributed by atoms with Crippen LogP contribution in [-0.4, -0.2) is 30.4 Å². The van der Waals surface area contributed by atoms with Crippen molar-refractivity contribution in [2.45, 2.75) is 52.7 Å². The number of esters is 2. The van der Waals surface area contributed by atoms with Gasteiger partial charge in [0.25, 0.3) is 0 Å². The molecule has 5 heteroatoms. The van der Waals surface area contributed by atoms with Gasteiger partial charge in [-0.15, -0.1) is 0 Å². The summed E-state index contributed by atoms with van der Waals surface area (Å²) in [6.07, 6.45) is 2.08. The molecule has 0 bridgehead atoms. The Bertz CT molecular complexity index is 469. The van der Waals surface area contributed by atoms with E-state index >= 15 is 0 Å². The molecule has 0 spiro atoms. The fourth-order valence-electron chi connectivity index (χ4n) is 1.80. The Kier molecular flexibility index (Phi) is 5.67. The van der Waals surface area contributed by atoms with Crippen LogP contribution in [-0.2, 0) is 23.9 Å². The number of allylic oxidation sites excluding steroid dienone is 2. The van der Waals surface area contributed by atoms with E-state index in [1.54, 1.807) is 33.8 Å². The van der Waals surface area contributed by atoms with Gasteiger partial charge >= 0.3 is 11.9 Å². The van der Waals surface area contributed by atoms with Crippen molar-refractivity contribution >= 4 is 18.2 Å². The second-order valence-electron chi connectivity index (χ2n) is 5.14. The largest absolute Gasteiger partial charge is 0.460 e. The third kappa shape index (κ3) is 4.33. The summed E-state index contributed by atoms with van der Waals surface area (Å²) < 4.78 is 10.2. The molecule has 0 N–H and O–H groups in total. The highest BCUT2D eigenvalue weighted by molar-refractivity contribution is 6.02. The summed E-state index contributed by atoms with van der Waals surface area (Å²) in [6.45, 7) is 6.92. The third-order valence-electron chi connectivity index (χ3n) is 2.64. The zero-order valence-corrected chi connectivity index (χ0v) is 12.3. The minimum atomic E-state index is -0.567. The van der Waals surface area contributed by atoms with Crippen molar-refractivity contribution in [2.24, 2.45) is 0 Å². The molecule has 0 aliphatic heterocycles. The lowest BCUT2D eigenvalue weighted by Crippen LogP contribution is -2.23. The molecule has 0 amide bonds. The maximum absolute atomic E-state index is 12.0. The molecule has 0 aromatic heterocycles. The summed E-state index contributed by atoms with van der Waals surface area (Å²) in [5.41, 5.74) is 0.964. The highest BCUT2D eigenvalue weighted by Crippen LogP contribution is 2.26. The Morgan fingerprint density at radius 1 is 1.05 bits per heavy atom. The number of carbonyl (C=O) groups is 3. The van der Waals surface area contributed by atoms with Crippen LogP contribution < -0.4 is 0 Å². The molecule has 0 atom stereocenters.